The molecule has 1 heterocycles. The van der Waals surface area contributed by atoms with E-state index in [9.17, 15) is 19.5 Å². The van der Waals surface area contributed by atoms with Crippen molar-refractivity contribution < 1.29 is 19.5 Å². The number of nitrogens with one attached hydrogen (secondary N) is 1. The van der Waals surface area contributed by atoms with Gasteiger partial charge in [-0.05, 0) is 12.3 Å². The third-order valence-electron chi connectivity index (χ3n) is 3.75. The van der Waals surface area contributed by atoms with Crippen LogP contribution in [0.1, 0.15) is 47.5 Å². The summed E-state index contributed by atoms with van der Waals surface area (Å²) in [7, 11) is 0. The minimum Gasteiger partial charge on any atom is -0.481 e. The minimum absolute atomic E-state index is 0.0454. The molecule has 6 nitrogen and oxygen atoms in total. The molecule has 6 heteroatoms. The number of carbonyl (C=O) groups is 3. The van der Waals surface area contributed by atoms with Gasteiger partial charge in [0.2, 0.25) is 11.8 Å². The number of likely N-dealkylation sites (tertiary alicyclic amines) is 1. The fourth-order valence-electron chi connectivity index (χ4n) is 2.47. The van der Waals surface area contributed by atoms with Gasteiger partial charge in [0.05, 0.1) is 5.92 Å². The molecule has 0 aromatic rings. The zero-order valence-electron chi connectivity index (χ0n) is 14.2. The number of rotatable bonds is 4. The monoisotopic (exact) mass is 312 g/mol. The van der Waals surface area contributed by atoms with E-state index < -0.39 is 17.3 Å². The van der Waals surface area contributed by atoms with Crippen LogP contribution in [0.4, 0.5) is 0 Å². The second kappa shape index (κ2) is 7.11. The second-order valence-corrected chi connectivity index (χ2v) is 7.59. The van der Waals surface area contributed by atoms with E-state index in [0.29, 0.717) is 19.4 Å². The van der Waals surface area contributed by atoms with Crippen LogP contribution in [0.15, 0.2) is 0 Å². The lowest BCUT2D eigenvalue weighted by molar-refractivity contribution is -0.147. The molecule has 2 unspecified atom stereocenters. The Morgan fingerprint density at radius 2 is 1.82 bits per heavy atom. The van der Waals surface area contributed by atoms with Crippen LogP contribution in [0, 0.1) is 17.3 Å². The highest BCUT2D eigenvalue weighted by atomic mass is 16.4. The summed E-state index contributed by atoms with van der Waals surface area (Å²) in [5.74, 6) is -1.50. The third-order valence-corrected chi connectivity index (χ3v) is 3.75. The van der Waals surface area contributed by atoms with Gasteiger partial charge in [-0.3, -0.25) is 14.4 Å². The number of carboxylic acids is 1. The molecule has 0 saturated carbocycles. The molecular formula is C16H28N2O4. The molecule has 126 valence electrons. The molecule has 2 amide bonds. The van der Waals surface area contributed by atoms with Crippen LogP contribution in [-0.2, 0) is 14.4 Å². The van der Waals surface area contributed by atoms with Gasteiger partial charge in [0.15, 0.2) is 0 Å². The highest BCUT2D eigenvalue weighted by molar-refractivity contribution is 5.82. The number of hydrogen-bond acceptors (Lipinski definition) is 3. The smallest absolute Gasteiger partial charge is 0.308 e. The molecule has 22 heavy (non-hydrogen) atoms. The van der Waals surface area contributed by atoms with Gasteiger partial charge in [0, 0.05) is 31.0 Å². The standard InChI is InChI=1S/C16H28N2O4/c1-10(2)6-13(19)18-8-11(14(20)21)7-12(9-18)17-15(22)16(3,4)5/h10-12H,6-9H2,1-5H3,(H,17,22)(H,20,21). The molecule has 0 aliphatic carbocycles. The maximum absolute atomic E-state index is 12.2. The Hall–Kier alpha value is -1.59. The number of aliphatic carboxylic acids is 1. The molecule has 1 aliphatic heterocycles. The Balaban J connectivity index is 2.79. The number of nitrogens with zero attached hydrogens (tertiary/aromatic N) is 1. The third kappa shape index (κ3) is 5.31. The van der Waals surface area contributed by atoms with Crippen LogP contribution in [0.2, 0.25) is 0 Å². The lowest BCUT2D eigenvalue weighted by atomic mass is 9.91. The first-order valence-corrected chi connectivity index (χ1v) is 7.82. The maximum Gasteiger partial charge on any atom is 0.308 e. The van der Waals surface area contributed by atoms with Crippen LogP contribution in [-0.4, -0.2) is 46.9 Å². The van der Waals surface area contributed by atoms with Gasteiger partial charge in [0.25, 0.3) is 0 Å². The van der Waals surface area contributed by atoms with E-state index in [1.807, 2.05) is 34.6 Å². The van der Waals surface area contributed by atoms with E-state index in [2.05, 4.69) is 5.32 Å². The number of amides is 2. The summed E-state index contributed by atoms with van der Waals surface area (Å²) in [6.45, 7) is 9.94. The fraction of sp³-hybridized carbons (Fsp3) is 0.812. The van der Waals surface area contributed by atoms with E-state index in [1.54, 1.807) is 4.90 Å². The summed E-state index contributed by atoms with van der Waals surface area (Å²) in [5, 5.41) is 12.2. The molecule has 0 radical (unpaired) electrons. The molecular weight excluding hydrogens is 284 g/mol. The van der Waals surface area contributed by atoms with Gasteiger partial charge in [-0.2, -0.15) is 0 Å². The second-order valence-electron chi connectivity index (χ2n) is 7.59. The average Bonchev–Trinajstić information content (AvgIpc) is 2.36. The first-order valence-electron chi connectivity index (χ1n) is 7.82. The highest BCUT2D eigenvalue weighted by Crippen LogP contribution is 2.21. The van der Waals surface area contributed by atoms with Crippen molar-refractivity contribution in [2.45, 2.75) is 53.5 Å². The zero-order chi connectivity index (χ0) is 17.1. The lowest BCUT2D eigenvalue weighted by Gasteiger charge is -2.37. The summed E-state index contributed by atoms with van der Waals surface area (Å²) in [4.78, 5) is 37.2. The van der Waals surface area contributed by atoms with Gasteiger partial charge < -0.3 is 15.3 Å². The van der Waals surface area contributed by atoms with Crippen molar-refractivity contribution in [3.05, 3.63) is 0 Å². The van der Waals surface area contributed by atoms with Gasteiger partial charge in [-0.15, -0.1) is 0 Å². The predicted molar refractivity (Wildman–Crippen MR) is 83.2 cm³/mol. The molecule has 0 aromatic heterocycles. The van der Waals surface area contributed by atoms with Gasteiger partial charge >= 0.3 is 5.97 Å². The first kappa shape index (κ1) is 18.5. The first-order chi connectivity index (χ1) is 10.0. The van der Waals surface area contributed by atoms with Gasteiger partial charge in [-0.1, -0.05) is 34.6 Å². The molecule has 2 atom stereocenters. The molecule has 0 aromatic carbocycles. The highest BCUT2D eigenvalue weighted by Gasteiger charge is 2.35. The molecule has 1 aliphatic rings. The number of carbonyl (C=O) groups excluding carboxylic acids is 2. The molecule has 2 N–H and O–H groups in total. The van der Waals surface area contributed by atoms with Crippen molar-refractivity contribution in [3.63, 3.8) is 0 Å². The average molecular weight is 312 g/mol. The molecule has 1 rings (SSSR count). The van der Waals surface area contributed by atoms with E-state index in [-0.39, 0.29) is 30.3 Å². The Morgan fingerprint density at radius 3 is 2.27 bits per heavy atom. The van der Waals surface area contributed by atoms with E-state index >= 15 is 0 Å². The van der Waals surface area contributed by atoms with Crippen LogP contribution in [0.5, 0.6) is 0 Å². The number of carboxylic acid groups (broad SMARTS) is 1. The molecule has 1 saturated heterocycles. The fourth-order valence-corrected chi connectivity index (χ4v) is 2.47. The number of hydrogen-bond donors (Lipinski definition) is 2. The lowest BCUT2D eigenvalue weighted by Crippen LogP contribution is -2.55. The van der Waals surface area contributed by atoms with Crippen LogP contribution in [0.25, 0.3) is 0 Å². The minimum atomic E-state index is -0.919. The summed E-state index contributed by atoms with van der Waals surface area (Å²) < 4.78 is 0. The summed E-state index contributed by atoms with van der Waals surface area (Å²) in [6.07, 6.45) is 0.759. The van der Waals surface area contributed by atoms with E-state index in [1.165, 1.54) is 0 Å². The predicted octanol–water partition coefficient (Wildman–Crippen LogP) is 1.50. The Labute approximate surface area is 132 Å². The number of piperidine rings is 1. The Bertz CT molecular complexity index is 440. The largest absolute Gasteiger partial charge is 0.481 e. The Kier molecular flexibility index (Phi) is 5.97. The van der Waals surface area contributed by atoms with Gasteiger partial charge in [0.1, 0.15) is 0 Å². The van der Waals surface area contributed by atoms with Crippen molar-refractivity contribution in [3.8, 4) is 0 Å². The van der Waals surface area contributed by atoms with E-state index in [4.69, 9.17) is 0 Å². The Morgan fingerprint density at radius 1 is 1.23 bits per heavy atom. The summed E-state index contributed by atoms with van der Waals surface area (Å²) in [5.41, 5.74) is -0.539. The molecule has 0 spiro atoms. The van der Waals surface area contributed by atoms with Crippen molar-refractivity contribution >= 4 is 17.8 Å². The molecule has 0 bridgehead atoms. The quantitative estimate of drug-likeness (QED) is 0.823. The maximum atomic E-state index is 12.2. The van der Waals surface area contributed by atoms with Crippen LogP contribution < -0.4 is 5.32 Å². The van der Waals surface area contributed by atoms with E-state index in [0.717, 1.165) is 0 Å². The van der Waals surface area contributed by atoms with Crippen molar-refractivity contribution in [1.82, 2.24) is 10.2 Å². The zero-order valence-corrected chi connectivity index (χ0v) is 14.2. The van der Waals surface area contributed by atoms with Crippen molar-refractivity contribution in [1.29, 1.82) is 0 Å². The van der Waals surface area contributed by atoms with Gasteiger partial charge in [-0.25, -0.2) is 0 Å². The van der Waals surface area contributed by atoms with Crippen LogP contribution >= 0.6 is 0 Å². The summed E-state index contributed by atoms with van der Waals surface area (Å²) in [6, 6.07) is -0.308. The van der Waals surface area contributed by atoms with Crippen molar-refractivity contribution in [2.24, 2.45) is 17.3 Å². The van der Waals surface area contributed by atoms with Crippen LogP contribution in [0.3, 0.4) is 0 Å². The topological polar surface area (TPSA) is 86.7 Å². The SMILES string of the molecule is CC(C)CC(=O)N1CC(NC(=O)C(C)(C)C)CC(C(=O)O)C1. The molecule has 1 fully saturated rings. The summed E-state index contributed by atoms with van der Waals surface area (Å²) >= 11 is 0. The normalized spacial score (nSPS) is 22.5. The van der Waals surface area contributed by atoms with Crippen molar-refractivity contribution in [2.75, 3.05) is 13.1 Å².